The van der Waals surface area contributed by atoms with Crippen molar-refractivity contribution in [2.45, 2.75) is 40.7 Å². The number of carbonyl (C=O) groups is 1. The SMILES string of the molecule is Cc1c(C)c(C)c2c(c1C)C(=O)[C@@H](C)[C@H]2[N+](=O)[O-]. The van der Waals surface area contributed by atoms with Gasteiger partial charge in [0.15, 0.2) is 5.78 Å². The molecular weight excluding hydrogens is 230 g/mol. The molecule has 1 aliphatic carbocycles. The molecule has 4 nitrogen and oxygen atoms in total. The van der Waals surface area contributed by atoms with Crippen LogP contribution >= 0.6 is 0 Å². The van der Waals surface area contributed by atoms with Gasteiger partial charge in [0.05, 0.1) is 5.92 Å². The molecule has 0 bridgehead atoms. The molecular formula is C14H17NO3. The second-order valence-electron chi connectivity index (χ2n) is 5.17. The average molecular weight is 247 g/mol. The maximum Gasteiger partial charge on any atom is 0.248 e. The van der Waals surface area contributed by atoms with Crippen molar-refractivity contribution in [2.75, 3.05) is 0 Å². The summed E-state index contributed by atoms with van der Waals surface area (Å²) in [7, 11) is 0. The predicted octanol–water partition coefficient (Wildman–Crippen LogP) is 3.07. The van der Waals surface area contributed by atoms with Crippen molar-refractivity contribution < 1.29 is 9.72 Å². The first-order valence-electron chi connectivity index (χ1n) is 6.07. The van der Waals surface area contributed by atoms with Crippen LogP contribution in [0.1, 0.15) is 51.1 Å². The second-order valence-corrected chi connectivity index (χ2v) is 5.17. The Morgan fingerprint density at radius 1 is 1.00 bits per heavy atom. The first-order valence-corrected chi connectivity index (χ1v) is 6.07. The third-order valence-electron chi connectivity index (χ3n) is 4.39. The van der Waals surface area contributed by atoms with Crippen LogP contribution in [0.2, 0.25) is 0 Å². The first kappa shape index (κ1) is 12.7. The fourth-order valence-corrected chi connectivity index (χ4v) is 2.94. The van der Waals surface area contributed by atoms with Gasteiger partial charge < -0.3 is 0 Å². The maximum absolute atomic E-state index is 12.2. The molecule has 96 valence electrons. The molecule has 0 heterocycles. The van der Waals surface area contributed by atoms with Crippen molar-refractivity contribution in [1.82, 2.24) is 0 Å². The van der Waals surface area contributed by atoms with E-state index in [2.05, 4.69) is 0 Å². The minimum atomic E-state index is -0.884. The fraction of sp³-hybridized carbons (Fsp3) is 0.500. The summed E-state index contributed by atoms with van der Waals surface area (Å²) in [5.74, 6) is -0.649. The minimum absolute atomic E-state index is 0.0876. The van der Waals surface area contributed by atoms with Gasteiger partial charge in [-0.05, 0) is 56.9 Å². The van der Waals surface area contributed by atoms with Crippen LogP contribution in [0, 0.1) is 43.7 Å². The van der Waals surface area contributed by atoms with E-state index in [4.69, 9.17) is 0 Å². The molecule has 1 aliphatic rings. The third kappa shape index (κ3) is 1.41. The molecule has 0 spiro atoms. The molecule has 18 heavy (non-hydrogen) atoms. The Bertz CT molecular complexity index is 575. The zero-order chi connectivity index (χ0) is 13.8. The van der Waals surface area contributed by atoms with Gasteiger partial charge in [-0.2, -0.15) is 0 Å². The summed E-state index contributed by atoms with van der Waals surface area (Å²) < 4.78 is 0. The van der Waals surface area contributed by atoms with Crippen LogP contribution in [-0.4, -0.2) is 10.7 Å². The van der Waals surface area contributed by atoms with E-state index >= 15 is 0 Å². The van der Waals surface area contributed by atoms with Crippen molar-refractivity contribution in [1.29, 1.82) is 0 Å². The largest absolute Gasteiger partial charge is 0.294 e. The monoisotopic (exact) mass is 247 g/mol. The lowest BCUT2D eigenvalue weighted by atomic mass is 9.89. The third-order valence-corrected chi connectivity index (χ3v) is 4.39. The highest BCUT2D eigenvalue weighted by Crippen LogP contribution is 2.43. The molecule has 2 rings (SSSR count). The van der Waals surface area contributed by atoms with Crippen molar-refractivity contribution in [3.05, 3.63) is 43.5 Å². The molecule has 4 heteroatoms. The smallest absolute Gasteiger partial charge is 0.248 e. The average Bonchev–Trinajstić information content (AvgIpc) is 2.57. The molecule has 2 atom stereocenters. The lowest BCUT2D eigenvalue weighted by Crippen LogP contribution is -2.17. The molecule has 0 N–H and O–H groups in total. The Hall–Kier alpha value is -1.71. The maximum atomic E-state index is 12.2. The molecule has 0 saturated carbocycles. The summed E-state index contributed by atoms with van der Waals surface area (Å²) in [4.78, 5) is 23.2. The lowest BCUT2D eigenvalue weighted by Gasteiger charge is -2.15. The Morgan fingerprint density at radius 2 is 1.50 bits per heavy atom. The second kappa shape index (κ2) is 3.90. The van der Waals surface area contributed by atoms with Gasteiger partial charge in [-0.25, -0.2) is 0 Å². The van der Waals surface area contributed by atoms with E-state index in [1.54, 1.807) is 6.92 Å². The van der Waals surface area contributed by atoms with Crippen molar-refractivity contribution in [2.24, 2.45) is 5.92 Å². The summed E-state index contributed by atoms with van der Waals surface area (Å²) in [5.41, 5.74) is 5.14. The Labute approximate surface area is 106 Å². The molecule has 0 radical (unpaired) electrons. The van der Waals surface area contributed by atoms with Gasteiger partial charge in [0, 0.05) is 16.1 Å². The summed E-state index contributed by atoms with van der Waals surface area (Å²) in [5, 5.41) is 11.2. The van der Waals surface area contributed by atoms with Gasteiger partial charge in [-0.15, -0.1) is 0 Å². The summed E-state index contributed by atoms with van der Waals surface area (Å²) >= 11 is 0. The van der Waals surface area contributed by atoms with Gasteiger partial charge in [-0.3, -0.25) is 14.9 Å². The molecule has 0 aliphatic heterocycles. The van der Waals surface area contributed by atoms with Crippen LogP contribution in [0.25, 0.3) is 0 Å². The topological polar surface area (TPSA) is 60.2 Å². The van der Waals surface area contributed by atoms with Gasteiger partial charge in [0.25, 0.3) is 0 Å². The number of nitro groups is 1. The van der Waals surface area contributed by atoms with Gasteiger partial charge >= 0.3 is 0 Å². The number of hydrogen-bond acceptors (Lipinski definition) is 3. The Morgan fingerprint density at radius 3 is 2.00 bits per heavy atom. The first-order chi connectivity index (χ1) is 8.29. The van der Waals surface area contributed by atoms with E-state index in [9.17, 15) is 14.9 Å². The normalized spacial score (nSPS) is 22.2. The van der Waals surface area contributed by atoms with E-state index < -0.39 is 12.0 Å². The van der Waals surface area contributed by atoms with E-state index in [-0.39, 0.29) is 10.7 Å². The lowest BCUT2D eigenvalue weighted by molar-refractivity contribution is -0.533. The number of ketones is 1. The highest BCUT2D eigenvalue weighted by atomic mass is 16.6. The van der Waals surface area contributed by atoms with Gasteiger partial charge in [0.1, 0.15) is 0 Å². The summed E-state index contributed by atoms with van der Waals surface area (Å²) in [6, 6.07) is -0.884. The highest BCUT2D eigenvalue weighted by molar-refractivity contribution is 6.04. The van der Waals surface area contributed by atoms with Crippen LogP contribution in [0.4, 0.5) is 0 Å². The molecule has 0 fully saturated rings. The zero-order valence-corrected chi connectivity index (χ0v) is 11.3. The van der Waals surface area contributed by atoms with E-state index in [1.165, 1.54) is 0 Å². The quantitative estimate of drug-likeness (QED) is 0.566. The van der Waals surface area contributed by atoms with Crippen LogP contribution in [-0.2, 0) is 0 Å². The number of fused-ring (bicyclic) bond motifs is 1. The van der Waals surface area contributed by atoms with Gasteiger partial charge in [0.2, 0.25) is 6.04 Å². The standard InChI is InChI=1S/C14H17NO3/c1-6-7(2)9(4)12-11(8(6)3)13(15(17)18)10(5)14(12)16/h10,13H,1-5H3/t10-,13+/m0/s1. The molecule has 0 unspecified atom stereocenters. The van der Waals surface area contributed by atoms with Gasteiger partial charge in [-0.1, -0.05) is 0 Å². The van der Waals surface area contributed by atoms with E-state index in [0.717, 1.165) is 22.3 Å². The van der Waals surface area contributed by atoms with Crippen molar-refractivity contribution in [3.8, 4) is 0 Å². The van der Waals surface area contributed by atoms with Crippen molar-refractivity contribution in [3.63, 3.8) is 0 Å². The highest BCUT2D eigenvalue weighted by Gasteiger charge is 2.47. The Kier molecular flexibility index (Phi) is 2.76. The molecule has 0 amide bonds. The van der Waals surface area contributed by atoms with Crippen LogP contribution < -0.4 is 0 Å². The summed E-state index contributed by atoms with van der Waals surface area (Å²) in [6.45, 7) is 9.34. The zero-order valence-electron chi connectivity index (χ0n) is 11.3. The molecule has 0 aromatic heterocycles. The van der Waals surface area contributed by atoms with Crippen LogP contribution in [0.5, 0.6) is 0 Å². The summed E-state index contributed by atoms with van der Waals surface area (Å²) in [6.07, 6.45) is 0. The van der Waals surface area contributed by atoms with Crippen LogP contribution in [0.3, 0.4) is 0 Å². The number of carbonyl (C=O) groups excluding carboxylic acids is 1. The molecule has 1 aromatic carbocycles. The number of nitrogens with zero attached hydrogens (tertiary/aromatic N) is 1. The number of rotatable bonds is 1. The Balaban J connectivity index is 2.87. The van der Waals surface area contributed by atoms with E-state index in [1.807, 2.05) is 27.7 Å². The molecule has 0 saturated heterocycles. The number of benzene rings is 1. The predicted molar refractivity (Wildman–Crippen MR) is 68.6 cm³/mol. The fourth-order valence-electron chi connectivity index (χ4n) is 2.94. The van der Waals surface area contributed by atoms with E-state index in [0.29, 0.717) is 11.1 Å². The molecule has 1 aromatic rings. The van der Waals surface area contributed by atoms with Crippen LogP contribution in [0.15, 0.2) is 0 Å². The van der Waals surface area contributed by atoms with Crippen molar-refractivity contribution >= 4 is 5.78 Å². The number of Topliss-reactive ketones (excluding diaryl/α,β-unsaturated/α-hetero) is 1. The minimum Gasteiger partial charge on any atom is -0.294 e. The number of hydrogen-bond donors (Lipinski definition) is 0.